The lowest BCUT2D eigenvalue weighted by atomic mass is 9.96. The molecule has 4 aromatic rings. The average Bonchev–Trinajstić information content (AvgIpc) is 2.80. The highest BCUT2D eigenvalue weighted by atomic mass is 16.5. The van der Waals surface area contributed by atoms with Crippen LogP contribution in [-0.2, 0) is 19.4 Å². The zero-order chi connectivity index (χ0) is 21.1. The first-order valence-electron chi connectivity index (χ1n) is 10.4. The van der Waals surface area contributed by atoms with Crippen LogP contribution >= 0.6 is 0 Å². The first-order chi connectivity index (χ1) is 14.6. The van der Waals surface area contributed by atoms with Gasteiger partial charge >= 0.3 is 0 Å². The zero-order valence-corrected chi connectivity index (χ0v) is 17.8. The smallest absolute Gasteiger partial charge is 0.255 e. The van der Waals surface area contributed by atoms with Gasteiger partial charge in [0.2, 0.25) is 0 Å². The maximum Gasteiger partial charge on any atom is 0.255 e. The van der Waals surface area contributed by atoms with Crippen molar-refractivity contribution in [2.24, 2.45) is 0 Å². The van der Waals surface area contributed by atoms with Gasteiger partial charge in [0, 0.05) is 17.4 Å². The Morgan fingerprint density at radius 3 is 2.10 bits per heavy atom. The van der Waals surface area contributed by atoms with Crippen LogP contribution in [-0.4, -0.2) is 11.7 Å². The highest BCUT2D eigenvalue weighted by molar-refractivity contribution is 5.90. The van der Waals surface area contributed by atoms with E-state index in [1.807, 2.05) is 47.9 Å². The fourth-order valence-corrected chi connectivity index (χ4v) is 4.13. The van der Waals surface area contributed by atoms with Crippen LogP contribution in [0.1, 0.15) is 34.7 Å². The third kappa shape index (κ3) is 3.76. The van der Waals surface area contributed by atoms with Crippen molar-refractivity contribution in [3.8, 4) is 5.75 Å². The van der Waals surface area contributed by atoms with Crippen molar-refractivity contribution in [1.82, 2.24) is 4.57 Å². The van der Waals surface area contributed by atoms with Crippen molar-refractivity contribution < 1.29 is 4.74 Å². The van der Waals surface area contributed by atoms with Gasteiger partial charge in [-0.2, -0.15) is 0 Å². The molecule has 0 amide bonds. The third-order valence-corrected chi connectivity index (χ3v) is 5.80. The van der Waals surface area contributed by atoms with Gasteiger partial charge < -0.3 is 9.30 Å². The number of hydrogen-bond donors (Lipinski definition) is 0. The molecular formula is C27H27NO2. The molecule has 152 valence electrons. The van der Waals surface area contributed by atoms with Crippen molar-refractivity contribution in [2.75, 3.05) is 7.11 Å². The lowest BCUT2D eigenvalue weighted by molar-refractivity contribution is 0.419. The van der Waals surface area contributed by atoms with Crippen LogP contribution in [0.15, 0.2) is 77.6 Å². The fraction of sp³-hybridized carbons (Fsp3) is 0.222. The molecule has 0 aliphatic rings. The summed E-state index contributed by atoms with van der Waals surface area (Å²) in [5, 5.41) is 1.02. The second-order valence-corrected chi connectivity index (χ2v) is 7.69. The second-order valence-electron chi connectivity index (χ2n) is 7.69. The second kappa shape index (κ2) is 8.58. The van der Waals surface area contributed by atoms with Gasteiger partial charge in [0.05, 0.1) is 19.2 Å². The van der Waals surface area contributed by atoms with Gasteiger partial charge in [0.1, 0.15) is 5.75 Å². The van der Waals surface area contributed by atoms with Gasteiger partial charge in [-0.15, -0.1) is 0 Å². The Morgan fingerprint density at radius 1 is 0.867 bits per heavy atom. The molecule has 0 bridgehead atoms. The summed E-state index contributed by atoms with van der Waals surface area (Å²) in [5.74, 6) is 0.831. The van der Waals surface area contributed by atoms with E-state index in [1.54, 1.807) is 7.11 Å². The Hall–Kier alpha value is -3.33. The quantitative estimate of drug-likeness (QED) is 0.429. The predicted octanol–water partition coefficient (Wildman–Crippen LogP) is 5.52. The number of rotatable bonds is 6. The van der Waals surface area contributed by atoms with Crippen LogP contribution in [0.4, 0.5) is 0 Å². The summed E-state index contributed by atoms with van der Waals surface area (Å²) in [5.41, 5.74) is 6.24. The Balaban J connectivity index is 2.01. The van der Waals surface area contributed by atoms with Crippen LogP contribution in [0.5, 0.6) is 5.75 Å². The number of benzene rings is 3. The fourth-order valence-electron chi connectivity index (χ4n) is 4.13. The highest BCUT2D eigenvalue weighted by Gasteiger charge is 2.18. The summed E-state index contributed by atoms with van der Waals surface area (Å²) < 4.78 is 7.70. The molecule has 0 atom stereocenters. The average molecular weight is 398 g/mol. The Labute approximate surface area is 177 Å². The van der Waals surface area contributed by atoms with Crippen LogP contribution in [0.25, 0.3) is 10.9 Å². The zero-order valence-electron chi connectivity index (χ0n) is 17.8. The lowest BCUT2D eigenvalue weighted by Crippen LogP contribution is -2.26. The highest BCUT2D eigenvalue weighted by Crippen LogP contribution is 2.32. The molecule has 4 rings (SSSR count). The van der Waals surface area contributed by atoms with Gasteiger partial charge in [-0.25, -0.2) is 0 Å². The monoisotopic (exact) mass is 397 g/mol. The summed E-state index contributed by atoms with van der Waals surface area (Å²) in [6, 6.07) is 24.6. The number of methoxy groups -OCH3 is 1. The topological polar surface area (TPSA) is 31.2 Å². The SMILES string of the molecule is CCc1cc(OC)c2c(C)c(Cc3ccccc3)c(=O)n(Cc3ccccc3)c2c1. The van der Waals surface area contributed by atoms with Crippen LogP contribution in [0.2, 0.25) is 0 Å². The maximum absolute atomic E-state index is 13.7. The summed E-state index contributed by atoms with van der Waals surface area (Å²) in [6.07, 6.45) is 1.49. The Morgan fingerprint density at radius 2 is 1.50 bits per heavy atom. The van der Waals surface area contributed by atoms with Crippen molar-refractivity contribution in [2.45, 2.75) is 33.2 Å². The molecule has 0 unspecified atom stereocenters. The van der Waals surface area contributed by atoms with Crippen LogP contribution < -0.4 is 10.3 Å². The van der Waals surface area contributed by atoms with E-state index in [0.717, 1.165) is 50.9 Å². The molecular weight excluding hydrogens is 370 g/mol. The van der Waals surface area contributed by atoms with Gasteiger partial charge in [0.15, 0.2) is 0 Å². The number of hydrogen-bond acceptors (Lipinski definition) is 2. The summed E-state index contributed by atoms with van der Waals surface area (Å²) in [7, 11) is 1.71. The number of aromatic nitrogens is 1. The standard InChI is InChI=1S/C27H27NO2/c1-4-20-16-24-26(25(17-20)30-3)19(2)23(15-21-11-7-5-8-12-21)27(29)28(24)18-22-13-9-6-10-14-22/h5-14,16-17H,4,15,18H2,1-3H3. The van der Waals surface area contributed by atoms with Gasteiger partial charge in [-0.05, 0) is 47.7 Å². The van der Waals surface area contributed by atoms with E-state index >= 15 is 0 Å². The van der Waals surface area contributed by atoms with Crippen molar-refractivity contribution >= 4 is 10.9 Å². The third-order valence-electron chi connectivity index (χ3n) is 5.80. The van der Waals surface area contributed by atoms with Gasteiger partial charge in [-0.1, -0.05) is 67.6 Å². The molecule has 0 saturated heterocycles. The Bertz CT molecular complexity index is 1220. The van der Waals surface area contributed by atoms with E-state index < -0.39 is 0 Å². The number of fused-ring (bicyclic) bond motifs is 1. The maximum atomic E-state index is 13.7. The van der Waals surface area contributed by atoms with E-state index in [9.17, 15) is 4.79 Å². The summed E-state index contributed by atoms with van der Waals surface area (Å²) in [4.78, 5) is 13.7. The minimum atomic E-state index is 0.0722. The van der Waals surface area contributed by atoms with E-state index in [-0.39, 0.29) is 5.56 Å². The van der Waals surface area contributed by atoms with Crippen molar-refractivity contribution in [1.29, 1.82) is 0 Å². The van der Waals surface area contributed by atoms with E-state index in [4.69, 9.17) is 4.74 Å². The molecule has 0 saturated carbocycles. The van der Waals surface area contributed by atoms with Crippen molar-refractivity contribution in [3.63, 3.8) is 0 Å². The molecule has 3 heteroatoms. The van der Waals surface area contributed by atoms with Crippen LogP contribution in [0, 0.1) is 6.92 Å². The molecule has 3 nitrogen and oxygen atoms in total. The van der Waals surface area contributed by atoms with Crippen LogP contribution in [0.3, 0.4) is 0 Å². The molecule has 1 heterocycles. The van der Waals surface area contributed by atoms with E-state index in [0.29, 0.717) is 13.0 Å². The molecule has 0 aliphatic heterocycles. The molecule has 0 radical (unpaired) electrons. The normalized spacial score (nSPS) is 11.0. The molecule has 0 fully saturated rings. The minimum absolute atomic E-state index is 0.0722. The van der Waals surface area contributed by atoms with Crippen molar-refractivity contribution in [3.05, 3.63) is 111 Å². The summed E-state index contributed by atoms with van der Waals surface area (Å²) >= 11 is 0. The molecule has 0 N–H and O–H groups in total. The van der Waals surface area contributed by atoms with Gasteiger partial charge in [-0.3, -0.25) is 4.79 Å². The predicted molar refractivity (Wildman–Crippen MR) is 124 cm³/mol. The molecule has 3 aromatic carbocycles. The molecule has 0 aliphatic carbocycles. The number of pyridine rings is 1. The van der Waals surface area contributed by atoms with Gasteiger partial charge in [0.25, 0.3) is 5.56 Å². The van der Waals surface area contributed by atoms with E-state index in [1.165, 1.54) is 0 Å². The molecule has 0 spiro atoms. The Kier molecular flexibility index (Phi) is 5.71. The minimum Gasteiger partial charge on any atom is -0.496 e. The molecule has 30 heavy (non-hydrogen) atoms. The summed E-state index contributed by atoms with van der Waals surface area (Å²) in [6.45, 7) is 4.70. The van der Waals surface area contributed by atoms with E-state index in [2.05, 4.69) is 43.3 Å². The lowest BCUT2D eigenvalue weighted by Gasteiger charge is -2.19. The first-order valence-corrected chi connectivity index (χ1v) is 10.4. The molecule has 1 aromatic heterocycles. The number of aryl methyl sites for hydroxylation is 2. The largest absolute Gasteiger partial charge is 0.496 e. The number of ether oxygens (including phenoxy) is 1. The first kappa shape index (κ1) is 20.0. The number of nitrogens with zero attached hydrogens (tertiary/aromatic N) is 1.